The van der Waals surface area contributed by atoms with E-state index in [1.54, 1.807) is 0 Å². The van der Waals surface area contributed by atoms with Crippen LogP contribution in [0.4, 0.5) is 5.69 Å². The Labute approximate surface area is 87.8 Å². The van der Waals surface area contributed by atoms with Gasteiger partial charge in [0.25, 0.3) is 5.69 Å². The summed E-state index contributed by atoms with van der Waals surface area (Å²) in [4.78, 5) is 10.1. The summed E-state index contributed by atoms with van der Waals surface area (Å²) in [6.07, 6.45) is 0. The van der Waals surface area contributed by atoms with Gasteiger partial charge in [-0.25, -0.2) is 13.3 Å². The summed E-state index contributed by atoms with van der Waals surface area (Å²) in [5, 5.41) is 10.4. The molecule has 0 aromatic heterocycles. The minimum absolute atomic E-state index is 0.0762. The maximum absolute atomic E-state index is 11.8. The second kappa shape index (κ2) is 3.95. The van der Waals surface area contributed by atoms with Crippen molar-refractivity contribution in [3.63, 3.8) is 0 Å². The zero-order chi connectivity index (χ0) is 11.6. The van der Waals surface area contributed by atoms with Crippen LogP contribution in [-0.2, 0) is 9.92 Å². The van der Waals surface area contributed by atoms with Gasteiger partial charge in [0.05, 0.1) is 9.82 Å². The van der Waals surface area contributed by atoms with Crippen LogP contribution in [0, 0.1) is 14.9 Å². The van der Waals surface area contributed by atoms with Crippen molar-refractivity contribution in [2.45, 2.75) is 4.90 Å². The van der Waals surface area contributed by atoms with Gasteiger partial charge in [0.1, 0.15) is 9.92 Å². The molecule has 15 heavy (non-hydrogen) atoms. The first-order valence-corrected chi connectivity index (χ1v) is 5.58. The molecule has 7 heteroatoms. The van der Waals surface area contributed by atoms with Gasteiger partial charge in [0.15, 0.2) is 0 Å². The Morgan fingerprint density at radius 1 is 1.33 bits per heavy atom. The summed E-state index contributed by atoms with van der Waals surface area (Å²) in [7, 11) is 0.0405. The van der Waals surface area contributed by atoms with E-state index in [1.165, 1.54) is 42.7 Å². The molecule has 0 unspecified atom stereocenters. The molecule has 1 N–H and O–H groups in total. The van der Waals surface area contributed by atoms with E-state index >= 15 is 0 Å². The predicted molar refractivity (Wildman–Crippen MR) is 55.9 cm³/mol. The van der Waals surface area contributed by atoms with E-state index in [2.05, 4.69) is 0 Å². The van der Waals surface area contributed by atoms with Crippen LogP contribution in [0.5, 0.6) is 0 Å². The van der Waals surface area contributed by atoms with E-state index in [4.69, 9.17) is 4.78 Å². The number of nitrogens with zero attached hydrogens (tertiary/aromatic N) is 2. The second-order valence-corrected chi connectivity index (χ2v) is 5.34. The molecule has 1 aromatic rings. The largest absolute Gasteiger partial charge is 0.269 e. The lowest BCUT2D eigenvalue weighted by Crippen LogP contribution is -2.20. The highest BCUT2D eigenvalue weighted by Crippen LogP contribution is 2.18. The average molecular weight is 229 g/mol. The van der Waals surface area contributed by atoms with E-state index in [0.717, 1.165) is 0 Å². The number of nitro benzene ring substituents is 1. The van der Waals surface area contributed by atoms with Crippen LogP contribution in [0.1, 0.15) is 0 Å². The monoisotopic (exact) mass is 229 g/mol. The van der Waals surface area contributed by atoms with Gasteiger partial charge in [0.2, 0.25) is 0 Å². The summed E-state index contributed by atoms with van der Waals surface area (Å²) in [5.74, 6) is 0. The van der Waals surface area contributed by atoms with Gasteiger partial charge >= 0.3 is 0 Å². The average Bonchev–Trinajstić information content (AvgIpc) is 2.17. The second-order valence-electron chi connectivity index (χ2n) is 3.09. The lowest BCUT2D eigenvalue weighted by molar-refractivity contribution is -0.384. The van der Waals surface area contributed by atoms with Crippen molar-refractivity contribution in [1.82, 2.24) is 4.31 Å². The molecule has 0 spiro atoms. The van der Waals surface area contributed by atoms with Gasteiger partial charge < -0.3 is 0 Å². The summed E-state index contributed by atoms with van der Waals surface area (Å²) in [5.41, 5.74) is -0.0762. The molecular formula is C8H11N3O3S. The van der Waals surface area contributed by atoms with Gasteiger partial charge in [-0.15, -0.1) is 0 Å². The van der Waals surface area contributed by atoms with E-state index in [0.29, 0.717) is 0 Å². The summed E-state index contributed by atoms with van der Waals surface area (Å²) >= 11 is 0. The molecule has 0 aliphatic rings. The Hall–Kier alpha value is -1.47. The van der Waals surface area contributed by atoms with E-state index in [9.17, 15) is 14.3 Å². The molecule has 1 aromatic carbocycles. The van der Waals surface area contributed by atoms with Crippen molar-refractivity contribution in [3.05, 3.63) is 34.4 Å². The molecule has 0 bridgehead atoms. The minimum Gasteiger partial charge on any atom is -0.258 e. The molecule has 0 saturated heterocycles. The molecule has 0 heterocycles. The van der Waals surface area contributed by atoms with Crippen LogP contribution in [0.15, 0.2) is 29.2 Å². The Kier molecular flexibility index (Phi) is 3.06. The van der Waals surface area contributed by atoms with Crippen molar-refractivity contribution >= 4 is 15.6 Å². The lowest BCUT2D eigenvalue weighted by Gasteiger charge is -2.14. The molecule has 0 saturated carbocycles. The lowest BCUT2D eigenvalue weighted by atomic mass is 10.3. The number of nitrogens with one attached hydrogen (secondary N) is 1. The smallest absolute Gasteiger partial charge is 0.258 e. The fourth-order valence-corrected chi connectivity index (χ4v) is 1.89. The third-order valence-corrected chi connectivity index (χ3v) is 3.82. The highest BCUT2D eigenvalue weighted by atomic mass is 32.2. The highest BCUT2D eigenvalue weighted by molar-refractivity contribution is 7.90. The van der Waals surface area contributed by atoms with Crippen molar-refractivity contribution in [1.29, 1.82) is 4.78 Å². The number of non-ortho nitro benzene ring substituents is 1. The first-order valence-electron chi connectivity index (χ1n) is 4.06. The molecular weight excluding hydrogens is 218 g/mol. The number of hydrogen-bond donors (Lipinski definition) is 1. The fourth-order valence-electron chi connectivity index (χ4n) is 0.963. The topological polar surface area (TPSA) is 87.3 Å². The van der Waals surface area contributed by atoms with Gasteiger partial charge in [-0.1, -0.05) is 0 Å². The third kappa shape index (κ3) is 2.31. The van der Waals surface area contributed by atoms with Gasteiger partial charge in [-0.05, 0) is 12.1 Å². The first kappa shape index (κ1) is 11.6. The molecule has 1 rings (SSSR count). The summed E-state index contributed by atoms with van der Waals surface area (Å²) in [6.45, 7) is 0. The standard InChI is InChI=1S/C8H11N3O3S/c1-10(2)15(9,14)8-5-3-7(4-6-8)11(12)13/h3-6,9H,1-2H3/t15-/m1/s1. The fraction of sp³-hybridized carbons (Fsp3) is 0.250. The van der Waals surface area contributed by atoms with Gasteiger partial charge in [-0.3, -0.25) is 10.1 Å². The Balaban J connectivity index is 3.15. The Morgan fingerprint density at radius 2 is 1.80 bits per heavy atom. The van der Waals surface area contributed by atoms with Crippen molar-refractivity contribution in [3.8, 4) is 0 Å². The number of hydrogen-bond acceptors (Lipinski definition) is 4. The molecule has 0 radical (unpaired) electrons. The first-order chi connectivity index (χ1) is 6.85. The number of rotatable bonds is 3. The molecule has 0 aliphatic carbocycles. The minimum atomic E-state index is -3.01. The van der Waals surface area contributed by atoms with Gasteiger partial charge in [0, 0.05) is 26.2 Å². The molecule has 82 valence electrons. The summed E-state index contributed by atoms with van der Waals surface area (Å²) in [6, 6.07) is 5.17. The Morgan fingerprint density at radius 3 is 2.13 bits per heavy atom. The van der Waals surface area contributed by atoms with Crippen LogP contribution in [0.25, 0.3) is 0 Å². The van der Waals surface area contributed by atoms with Crippen molar-refractivity contribution < 1.29 is 9.13 Å². The molecule has 0 aliphatic heterocycles. The third-order valence-electron chi connectivity index (χ3n) is 1.88. The Bertz CT molecular complexity index is 464. The highest BCUT2D eigenvalue weighted by Gasteiger charge is 2.14. The normalized spacial score (nSPS) is 14.9. The van der Waals surface area contributed by atoms with Crippen LogP contribution >= 0.6 is 0 Å². The van der Waals surface area contributed by atoms with E-state index in [1.807, 2.05) is 0 Å². The molecule has 0 fully saturated rings. The van der Waals surface area contributed by atoms with Crippen LogP contribution in [-0.4, -0.2) is 27.5 Å². The zero-order valence-corrected chi connectivity index (χ0v) is 9.15. The number of nitro groups is 1. The van der Waals surface area contributed by atoms with Crippen LogP contribution in [0.2, 0.25) is 0 Å². The van der Waals surface area contributed by atoms with Crippen molar-refractivity contribution in [2.24, 2.45) is 0 Å². The molecule has 0 amide bonds. The van der Waals surface area contributed by atoms with Gasteiger partial charge in [-0.2, -0.15) is 0 Å². The summed E-state index contributed by atoms with van der Waals surface area (Å²) < 4.78 is 20.6. The maximum atomic E-state index is 11.8. The van der Waals surface area contributed by atoms with E-state index < -0.39 is 14.8 Å². The van der Waals surface area contributed by atoms with E-state index in [-0.39, 0.29) is 10.6 Å². The van der Waals surface area contributed by atoms with Crippen molar-refractivity contribution in [2.75, 3.05) is 14.1 Å². The molecule has 1 atom stereocenters. The zero-order valence-electron chi connectivity index (χ0n) is 8.34. The predicted octanol–water partition coefficient (Wildman–Crippen LogP) is 1.48. The maximum Gasteiger partial charge on any atom is 0.269 e. The SMILES string of the molecule is CN(C)[S@@](=N)(=O)c1ccc([N+](=O)[O-])cc1. The van der Waals surface area contributed by atoms with Crippen LogP contribution in [0.3, 0.4) is 0 Å². The quantitative estimate of drug-likeness (QED) is 0.629. The number of benzene rings is 1. The molecule has 6 nitrogen and oxygen atoms in total. The van der Waals surface area contributed by atoms with Crippen LogP contribution < -0.4 is 0 Å².